The van der Waals surface area contributed by atoms with Crippen molar-refractivity contribution in [3.8, 4) is 0 Å². The molecule has 4 aliphatic carbocycles. The Morgan fingerprint density at radius 2 is 1.80 bits per heavy atom. The van der Waals surface area contributed by atoms with Gasteiger partial charge in [-0.15, -0.1) is 11.3 Å². The van der Waals surface area contributed by atoms with E-state index in [9.17, 15) is 9.59 Å². The highest BCUT2D eigenvalue weighted by atomic mass is 32.1. The van der Waals surface area contributed by atoms with Gasteiger partial charge in [-0.25, -0.2) is 9.78 Å². The van der Waals surface area contributed by atoms with Crippen molar-refractivity contribution < 1.29 is 14.5 Å². The zero-order valence-corrected chi connectivity index (χ0v) is 18.6. The molecule has 160 valence electrons. The first kappa shape index (κ1) is 19.9. The number of hydrogen-bond acceptors (Lipinski definition) is 4. The van der Waals surface area contributed by atoms with Crippen LogP contribution in [0.5, 0.6) is 0 Å². The Kier molecular flexibility index (Phi) is 5.06. The summed E-state index contributed by atoms with van der Waals surface area (Å²) in [4.78, 5) is 31.1. The average molecular weight is 428 g/mol. The number of thiazole rings is 1. The zero-order valence-electron chi connectivity index (χ0n) is 17.7. The SMILES string of the molecule is C[C@@H](C(=O)NC(=O)NC12CC3CC(CC(C3)C1)C2)[NH+](C)Cc1nc2ccccc2s1. The number of rotatable bonds is 5. The van der Waals surface area contributed by atoms with E-state index in [1.807, 2.05) is 32.2 Å². The molecule has 4 saturated carbocycles. The van der Waals surface area contributed by atoms with Crippen LogP contribution in [0.3, 0.4) is 0 Å². The maximum Gasteiger partial charge on any atom is 0.322 e. The molecule has 2 aromatic rings. The summed E-state index contributed by atoms with van der Waals surface area (Å²) in [6.45, 7) is 2.53. The Bertz CT molecular complexity index is 903. The summed E-state index contributed by atoms with van der Waals surface area (Å²) in [6.07, 6.45) is 7.24. The number of hydrogen-bond donors (Lipinski definition) is 3. The third-order valence-electron chi connectivity index (χ3n) is 7.55. The van der Waals surface area contributed by atoms with Gasteiger partial charge >= 0.3 is 6.03 Å². The molecule has 1 unspecified atom stereocenters. The van der Waals surface area contributed by atoms with E-state index >= 15 is 0 Å². The van der Waals surface area contributed by atoms with Crippen LogP contribution in [-0.4, -0.2) is 35.6 Å². The van der Waals surface area contributed by atoms with Gasteiger partial charge in [0.15, 0.2) is 6.04 Å². The van der Waals surface area contributed by atoms with E-state index < -0.39 is 0 Å². The summed E-state index contributed by atoms with van der Waals surface area (Å²) >= 11 is 1.66. The molecule has 4 bridgehead atoms. The lowest BCUT2D eigenvalue weighted by atomic mass is 9.53. The number of carbonyl (C=O) groups excluding carboxylic acids is 2. The second-order valence-electron chi connectivity index (χ2n) is 9.96. The molecule has 2 atom stereocenters. The van der Waals surface area contributed by atoms with Crippen molar-refractivity contribution >= 4 is 33.5 Å². The highest BCUT2D eigenvalue weighted by Gasteiger charge is 2.51. The summed E-state index contributed by atoms with van der Waals surface area (Å²) in [5.74, 6) is 2.05. The number of nitrogens with zero attached hydrogens (tertiary/aromatic N) is 1. The number of amides is 3. The predicted molar refractivity (Wildman–Crippen MR) is 117 cm³/mol. The molecule has 0 saturated heterocycles. The van der Waals surface area contributed by atoms with E-state index in [1.54, 1.807) is 11.3 Å². The molecular weight excluding hydrogens is 396 g/mol. The van der Waals surface area contributed by atoms with E-state index in [-0.39, 0.29) is 23.5 Å². The molecule has 1 aromatic carbocycles. The molecular formula is C23H31N4O2S+. The molecule has 3 amide bonds. The number of carbonyl (C=O) groups is 2. The minimum Gasteiger partial charge on any atom is -0.332 e. The molecule has 4 fully saturated rings. The number of imide groups is 1. The number of aromatic nitrogens is 1. The number of fused-ring (bicyclic) bond motifs is 1. The van der Waals surface area contributed by atoms with Crippen molar-refractivity contribution in [3.05, 3.63) is 29.3 Å². The molecule has 6 nitrogen and oxygen atoms in total. The highest BCUT2D eigenvalue weighted by molar-refractivity contribution is 7.18. The monoisotopic (exact) mass is 427 g/mol. The van der Waals surface area contributed by atoms with E-state index in [4.69, 9.17) is 0 Å². The minimum absolute atomic E-state index is 0.0812. The van der Waals surface area contributed by atoms with Crippen LogP contribution in [-0.2, 0) is 11.3 Å². The van der Waals surface area contributed by atoms with Crippen LogP contribution in [0.2, 0.25) is 0 Å². The van der Waals surface area contributed by atoms with Crippen LogP contribution in [0, 0.1) is 17.8 Å². The molecule has 0 aliphatic heterocycles. The van der Waals surface area contributed by atoms with Crippen molar-refractivity contribution in [2.24, 2.45) is 17.8 Å². The van der Waals surface area contributed by atoms with Crippen molar-refractivity contribution in [2.75, 3.05) is 7.05 Å². The van der Waals surface area contributed by atoms with Crippen LogP contribution >= 0.6 is 11.3 Å². The Morgan fingerprint density at radius 3 is 2.43 bits per heavy atom. The maximum atomic E-state index is 12.7. The van der Waals surface area contributed by atoms with Gasteiger partial charge in [0.25, 0.3) is 5.91 Å². The van der Waals surface area contributed by atoms with Gasteiger partial charge < -0.3 is 10.2 Å². The lowest BCUT2D eigenvalue weighted by molar-refractivity contribution is -0.908. The van der Waals surface area contributed by atoms with E-state index in [0.29, 0.717) is 6.54 Å². The van der Waals surface area contributed by atoms with Gasteiger partial charge in [-0.05, 0) is 75.3 Å². The topological polar surface area (TPSA) is 75.5 Å². The van der Waals surface area contributed by atoms with Crippen LogP contribution < -0.4 is 15.5 Å². The zero-order chi connectivity index (χ0) is 20.9. The van der Waals surface area contributed by atoms with Gasteiger partial charge in [0.05, 0.1) is 17.3 Å². The Hall–Kier alpha value is -1.99. The number of quaternary nitrogens is 1. The van der Waals surface area contributed by atoms with E-state index in [0.717, 1.165) is 57.1 Å². The number of para-hydroxylation sites is 1. The number of likely N-dealkylation sites (N-methyl/N-ethyl adjacent to an activating group) is 1. The molecule has 6 rings (SSSR count). The van der Waals surface area contributed by atoms with Crippen LogP contribution in [0.15, 0.2) is 24.3 Å². The third-order valence-corrected chi connectivity index (χ3v) is 8.59. The van der Waals surface area contributed by atoms with Gasteiger partial charge in [0, 0.05) is 5.54 Å². The fourth-order valence-corrected chi connectivity index (χ4v) is 7.43. The maximum absolute atomic E-state index is 12.7. The number of urea groups is 1. The first-order chi connectivity index (χ1) is 14.4. The Balaban J connectivity index is 1.17. The second kappa shape index (κ2) is 7.61. The van der Waals surface area contributed by atoms with E-state index in [2.05, 4.69) is 21.7 Å². The van der Waals surface area contributed by atoms with Crippen molar-refractivity contribution in [3.63, 3.8) is 0 Å². The molecule has 1 heterocycles. The highest BCUT2D eigenvalue weighted by Crippen LogP contribution is 2.55. The fraction of sp³-hybridized carbons (Fsp3) is 0.609. The smallest absolute Gasteiger partial charge is 0.322 e. The molecule has 4 aliphatic rings. The second-order valence-corrected chi connectivity index (χ2v) is 11.1. The molecule has 0 radical (unpaired) electrons. The summed E-state index contributed by atoms with van der Waals surface area (Å²) < 4.78 is 1.16. The largest absolute Gasteiger partial charge is 0.332 e. The summed E-state index contributed by atoms with van der Waals surface area (Å²) in [5, 5.41) is 6.85. The minimum atomic E-state index is -0.334. The lowest BCUT2D eigenvalue weighted by Gasteiger charge is -2.56. The van der Waals surface area contributed by atoms with Gasteiger partial charge in [-0.3, -0.25) is 10.1 Å². The van der Waals surface area contributed by atoms with Gasteiger partial charge in [0.1, 0.15) is 11.6 Å². The van der Waals surface area contributed by atoms with Gasteiger partial charge in [-0.2, -0.15) is 0 Å². The Labute approximate surface area is 181 Å². The first-order valence-electron chi connectivity index (χ1n) is 11.2. The molecule has 1 aromatic heterocycles. The predicted octanol–water partition coefficient (Wildman–Crippen LogP) is 2.49. The third kappa shape index (κ3) is 3.85. The van der Waals surface area contributed by atoms with Crippen LogP contribution in [0.4, 0.5) is 4.79 Å². The quantitative estimate of drug-likeness (QED) is 0.686. The van der Waals surface area contributed by atoms with E-state index in [1.165, 1.54) is 19.3 Å². The molecule has 0 spiro atoms. The summed E-state index contributed by atoms with van der Waals surface area (Å²) in [5.41, 5.74) is 0.916. The number of nitrogens with one attached hydrogen (secondary N) is 3. The van der Waals surface area contributed by atoms with Crippen LogP contribution in [0.1, 0.15) is 50.5 Å². The normalized spacial score (nSPS) is 31.5. The summed E-state index contributed by atoms with van der Waals surface area (Å²) in [6, 6.07) is 7.42. The standard InChI is InChI=1S/C23H30N4O2S/c1-14(27(2)13-20-24-18-5-3-4-6-19(18)30-20)21(28)25-22(29)26-23-10-15-7-16(11-23)9-17(8-15)12-23/h3-6,14-17H,7-13H2,1-2H3,(H2,25,26,28,29)/p+1/t14-,15?,16?,17?,23?/m0/s1. The lowest BCUT2D eigenvalue weighted by Crippen LogP contribution is -3.12. The average Bonchev–Trinajstić information content (AvgIpc) is 3.07. The van der Waals surface area contributed by atoms with Crippen LogP contribution in [0.25, 0.3) is 10.2 Å². The Morgan fingerprint density at radius 1 is 1.17 bits per heavy atom. The van der Waals surface area contributed by atoms with Gasteiger partial charge in [-0.1, -0.05) is 12.1 Å². The molecule has 3 N–H and O–H groups in total. The van der Waals surface area contributed by atoms with Crippen molar-refractivity contribution in [1.29, 1.82) is 0 Å². The van der Waals surface area contributed by atoms with Crippen molar-refractivity contribution in [2.45, 2.75) is 63.6 Å². The molecule has 30 heavy (non-hydrogen) atoms. The fourth-order valence-electron chi connectivity index (χ4n) is 6.37. The van der Waals surface area contributed by atoms with Crippen molar-refractivity contribution in [1.82, 2.24) is 15.6 Å². The number of benzene rings is 1. The molecule has 7 heteroatoms. The van der Waals surface area contributed by atoms with Gasteiger partial charge in [0.2, 0.25) is 0 Å². The first-order valence-corrected chi connectivity index (χ1v) is 12.0. The summed E-state index contributed by atoms with van der Waals surface area (Å²) in [7, 11) is 1.98.